The van der Waals surface area contributed by atoms with Crippen molar-refractivity contribution in [2.24, 2.45) is 0 Å². The number of ether oxygens (including phenoxy) is 1. The van der Waals surface area contributed by atoms with Gasteiger partial charge in [-0.1, -0.05) is 6.07 Å². The Morgan fingerprint density at radius 2 is 2.12 bits per heavy atom. The number of pyridine rings is 1. The summed E-state index contributed by atoms with van der Waals surface area (Å²) in [5, 5.41) is 4.35. The largest absolute Gasteiger partial charge is 0.444 e. The lowest BCUT2D eigenvalue weighted by Crippen LogP contribution is -2.39. The molecule has 3 rings (SSSR count). The molecule has 2 N–H and O–H groups in total. The van der Waals surface area contributed by atoms with Crippen molar-refractivity contribution >= 4 is 17.8 Å². The second-order valence-electron chi connectivity index (χ2n) is 7.31. The minimum atomic E-state index is -0.560. The van der Waals surface area contributed by atoms with Crippen molar-refractivity contribution in [1.29, 1.82) is 0 Å². The van der Waals surface area contributed by atoms with Gasteiger partial charge in [0.2, 0.25) is 0 Å². The van der Waals surface area contributed by atoms with Gasteiger partial charge in [0, 0.05) is 24.5 Å². The number of anilines is 1. The molecule has 0 bridgehead atoms. The van der Waals surface area contributed by atoms with Crippen molar-refractivity contribution < 1.29 is 14.3 Å². The molecular formula is C18H23N5O3. The minimum Gasteiger partial charge on any atom is -0.444 e. The molecule has 1 amide bonds. The number of fused-ring (bicyclic) bond motifs is 1. The highest BCUT2D eigenvalue weighted by atomic mass is 16.6. The van der Waals surface area contributed by atoms with E-state index in [1.54, 1.807) is 23.4 Å². The Bertz CT molecular complexity index is 823. The van der Waals surface area contributed by atoms with Crippen LogP contribution in [-0.2, 0) is 24.1 Å². The zero-order valence-corrected chi connectivity index (χ0v) is 15.2. The maximum absolute atomic E-state index is 12.5. The van der Waals surface area contributed by atoms with Gasteiger partial charge in [-0.05, 0) is 38.8 Å². The Kier molecular flexibility index (Phi) is 4.67. The first-order valence-corrected chi connectivity index (χ1v) is 8.51. The summed E-state index contributed by atoms with van der Waals surface area (Å²) in [6, 6.07) is 3.60. The molecule has 0 saturated heterocycles. The maximum Gasteiger partial charge on any atom is 0.410 e. The van der Waals surface area contributed by atoms with E-state index in [-0.39, 0.29) is 18.9 Å². The van der Waals surface area contributed by atoms with E-state index in [9.17, 15) is 9.59 Å². The van der Waals surface area contributed by atoms with Gasteiger partial charge in [-0.2, -0.15) is 9.78 Å². The SMILES string of the molecule is CC(C)(C)OC(=O)N1CCc2c(nn(C(=O)Cc3cccnc3)c2N)C1. The molecule has 0 aromatic carbocycles. The lowest BCUT2D eigenvalue weighted by atomic mass is 10.1. The van der Waals surface area contributed by atoms with E-state index in [1.807, 2.05) is 26.8 Å². The third-order valence-electron chi connectivity index (χ3n) is 4.04. The number of carbonyl (C=O) groups is 2. The van der Waals surface area contributed by atoms with E-state index in [1.165, 1.54) is 4.68 Å². The van der Waals surface area contributed by atoms with Crippen molar-refractivity contribution in [1.82, 2.24) is 19.7 Å². The number of nitrogens with two attached hydrogens (primary N) is 1. The Morgan fingerprint density at radius 1 is 1.35 bits per heavy atom. The summed E-state index contributed by atoms with van der Waals surface area (Å²) in [5.74, 6) is 0.117. The molecule has 1 aliphatic rings. The molecule has 3 heterocycles. The summed E-state index contributed by atoms with van der Waals surface area (Å²) >= 11 is 0. The van der Waals surface area contributed by atoms with Gasteiger partial charge in [0.1, 0.15) is 11.4 Å². The number of hydrogen-bond donors (Lipinski definition) is 1. The molecule has 8 nitrogen and oxygen atoms in total. The molecule has 26 heavy (non-hydrogen) atoms. The van der Waals surface area contributed by atoms with Crippen LogP contribution in [0.5, 0.6) is 0 Å². The van der Waals surface area contributed by atoms with Crippen molar-refractivity contribution in [3.63, 3.8) is 0 Å². The molecule has 2 aromatic rings. The van der Waals surface area contributed by atoms with E-state index in [0.717, 1.165) is 11.1 Å². The first-order chi connectivity index (χ1) is 12.2. The predicted molar refractivity (Wildman–Crippen MR) is 95.6 cm³/mol. The summed E-state index contributed by atoms with van der Waals surface area (Å²) in [4.78, 5) is 30.4. The molecule has 138 valence electrons. The molecule has 0 fully saturated rings. The van der Waals surface area contributed by atoms with Crippen LogP contribution in [0.3, 0.4) is 0 Å². The monoisotopic (exact) mass is 357 g/mol. The standard InChI is InChI=1S/C18H23N5O3/c1-18(2,3)26-17(25)22-8-6-13-14(11-22)21-23(16(13)19)15(24)9-12-5-4-7-20-10-12/h4-5,7,10H,6,8-9,11,19H2,1-3H3. The van der Waals surface area contributed by atoms with E-state index in [2.05, 4.69) is 10.1 Å². The fourth-order valence-corrected chi connectivity index (χ4v) is 2.84. The smallest absolute Gasteiger partial charge is 0.410 e. The Hall–Kier alpha value is -2.90. The summed E-state index contributed by atoms with van der Waals surface area (Å²) in [6.45, 7) is 6.23. The van der Waals surface area contributed by atoms with Crippen LogP contribution in [0.1, 0.15) is 42.4 Å². The molecule has 0 unspecified atom stereocenters. The molecule has 8 heteroatoms. The number of nitrogen functional groups attached to an aromatic ring is 1. The first-order valence-electron chi connectivity index (χ1n) is 8.51. The van der Waals surface area contributed by atoms with Gasteiger partial charge >= 0.3 is 6.09 Å². The van der Waals surface area contributed by atoms with Crippen LogP contribution in [0, 0.1) is 0 Å². The van der Waals surface area contributed by atoms with Crippen molar-refractivity contribution in [3.8, 4) is 0 Å². The number of nitrogens with zero attached hydrogens (tertiary/aromatic N) is 4. The topological polar surface area (TPSA) is 103 Å². The summed E-state index contributed by atoms with van der Waals surface area (Å²) in [6.07, 6.45) is 3.61. The number of hydrogen-bond acceptors (Lipinski definition) is 6. The predicted octanol–water partition coefficient (Wildman–Crippen LogP) is 2.04. The number of carbonyl (C=O) groups excluding carboxylic acids is 2. The van der Waals surface area contributed by atoms with Crippen LogP contribution >= 0.6 is 0 Å². The maximum atomic E-state index is 12.5. The minimum absolute atomic E-state index is 0.161. The van der Waals surface area contributed by atoms with Gasteiger partial charge in [0.15, 0.2) is 0 Å². The van der Waals surface area contributed by atoms with Crippen LogP contribution < -0.4 is 5.73 Å². The molecule has 0 aliphatic carbocycles. The van der Waals surface area contributed by atoms with Crippen molar-refractivity contribution in [2.45, 2.75) is 45.8 Å². The molecular weight excluding hydrogens is 334 g/mol. The fraction of sp³-hybridized carbons (Fsp3) is 0.444. The highest BCUT2D eigenvalue weighted by Gasteiger charge is 2.30. The van der Waals surface area contributed by atoms with Crippen LogP contribution in [0.25, 0.3) is 0 Å². The molecule has 2 aromatic heterocycles. The first kappa shape index (κ1) is 17.9. The molecule has 0 atom stereocenters. The van der Waals surface area contributed by atoms with Gasteiger partial charge in [0.25, 0.3) is 5.91 Å². The summed E-state index contributed by atoms with van der Waals surface area (Å²) < 4.78 is 6.64. The second kappa shape index (κ2) is 6.78. The summed E-state index contributed by atoms with van der Waals surface area (Å²) in [5.41, 5.74) is 7.83. The van der Waals surface area contributed by atoms with Gasteiger partial charge in [-0.15, -0.1) is 0 Å². The quantitative estimate of drug-likeness (QED) is 0.882. The Morgan fingerprint density at radius 3 is 2.77 bits per heavy atom. The van der Waals surface area contributed by atoms with Crippen LogP contribution in [0.15, 0.2) is 24.5 Å². The molecule has 0 spiro atoms. The zero-order valence-electron chi connectivity index (χ0n) is 15.2. The molecule has 0 saturated carbocycles. The number of rotatable bonds is 2. The third-order valence-corrected chi connectivity index (χ3v) is 4.04. The van der Waals surface area contributed by atoms with Crippen molar-refractivity contribution in [3.05, 3.63) is 41.3 Å². The average Bonchev–Trinajstić information content (AvgIpc) is 2.91. The van der Waals surface area contributed by atoms with E-state index >= 15 is 0 Å². The average molecular weight is 357 g/mol. The van der Waals surface area contributed by atoms with Gasteiger partial charge in [-0.25, -0.2) is 4.79 Å². The Labute approximate surface area is 151 Å². The van der Waals surface area contributed by atoms with Crippen LogP contribution in [0.4, 0.5) is 10.6 Å². The highest BCUT2D eigenvalue weighted by Crippen LogP contribution is 2.25. The van der Waals surface area contributed by atoms with Crippen LogP contribution in [0.2, 0.25) is 0 Å². The molecule has 0 radical (unpaired) electrons. The third kappa shape index (κ3) is 3.84. The fourth-order valence-electron chi connectivity index (χ4n) is 2.84. The van der Waals surface area contributed by atoms with Gasteiger partial charge in [-0.3, -0.25) is 9.78 Å². The molecule has 1 aliphatic heterocycles. The van der Waals surface area contributed by atoms with E-state index < -0.39 is 11.7 Å². The Balaban J connectivity index is 1.75. The normalized spacial score (nSPS) is 14.0. The number of amides is 1. The summed E-state index contributed by atoms with van der Waals surface area (Å²) in [7, 11) is 0. The van der Waals surface area contributed by atoms with Gasteiger partial charge in [0.05, 0.1) is 18.7 Å². The second-order valence-corrected chi connectivity index (χ2v) is 7.31. The van der Waals surface area contributed by atoms with Crippen LogP contribution in [-0.4, -0.2) is 43.8 Å². The number of aromatic nitrogens is 3. The van der Waals surface area contributed by atoms with Crippen molar-refractivity contribution in [2.75, 3.05) is 12.3 Å². The lowest BCUT2D eigenvalue weighted by Gasteiger charge is -2.29. The lowest BCUT2D eigenvalue weighted by molar-refractivity contribution is 0.0221. The van der Waals surface area contributed by atoms with Gasteiger partial charge < -0.3 is 15.4 Å². The van der Waals surface area contributed by atoms with E-state index in [0.29, 0.717) is 24.5 Å². The van der Waals surface area contributed by atoms with E-state index in [4.69, 9.17) is 10.5 Å². The zero-order chi connectivity index (χ0) is 18.9. The highest BCUT2D eigenvalue weighted by molar-refractivity contribution is 5.84.